The van der Waals surface area contributed by atoms with Crippen LogP contribution < -0.4 is 19.5 Å². The van der Waals surface area contributed by atoms with E-state index in [0.717, 1.165) is 0 Å². The predicted molar refractivity (Wildman–Crippen MR) is 114 cm³/mol. The third-order valence-corrected chi connectivity index (χ3v) is 6.11. The van der Waals surface area contributed by atoms with Gasteiger partial charge in [0, 0.05) is 11.6 Å². The molecule has 0 unspecified atom stereocenters. The first-order valence-corrected chi connectivity index (χ1v) is 10.8. The van der Waals surface area contributed by atoms with Crippen LogP contribution in [0.1, 0.15) is 16.1 Å². The molecule has 1 heterocycles. The van der Waals surface area contributed by atoms with Crippen molar-refractivity contribution in [1.82, 2.24) is 5.16 Å². The summed E-state index contributed by atoms with van der Waals surface area (Å²) in [7, 11) is -0.989. The van der Waals surface area contributed by atoms with Gasteiger partial charge in [0.15, 0.2) is 11.6 Å². The van der Waals surface area contributed by atoms with E-state index in [1.54, 1.807) is 19.1 Å². The van der Waals surface area contributed by atoms with Crippen LogP contribution in [0.2, 0.25) is 0 Å². The highest BCUT2D eigenvalue weighted by atomic mass is 79.9. The Balaban J connectivity index is 1.86. The molecule has 2 aromatic carbocycles. The van der Waals surface area contributed by atoms with Gasteiger partial charge in [-0.2, -0.15) is 0 Å². The van der Waals surface area contributed by atoms with E-state index in [1.165, 1.54) is 44.6 Å². The van der Waals surface area contributed by atoms with Crippen molar-refractivity contribution in [2.75, 3.05) is 24.3 Å². The number of hydrogen-bond donors (Lipinski definition) is 2. The number of benzene rings is 2. The van der Waals surface area contributed by atoms with Gasteiger partial charge in [-0.25, -0.2) is 8.42 Å². The zero-order valence-electron chi connectivity index (χ0n) is 16.2. The van der Waals surface area contributed by atoms with Crippen molar-refractivity contribution in [2.45, 2.75) is 11.8 Å². The Hall–Kier alpha value is -3.05. The summed E-state index contributed by atoms with van der Waals surface area (Å²) >= 11 is 3.37. The summed E-state index contributed by atoms with van der Waals surface area (Å²) in [6, 6.07) is 10.3. The summed E-state index contributed by atoms with van der Waals surface area (Å²) in [5, 5.41) is 6.32. The SMILES string of the molecule is COc1ccc(NC(=O)c2cccc(S(=O)(=O)Nc3cc(C)on3)c2)c(OC)c1Br. The largest absolute Gasteiger partial charge is 0.495 e. The fraction of sp³-hybridized carbons (Fsp3) is 0.158. The van der Waals surface area contributed by atoms with E-state index >= 15 is 0 Å². The van der Waals surface area contributed by atoms with Crippen molar-refractivity contribution in [3.8, 4) is 11.5 Å². The highest BCUT2D eigenvalue weighted by Crippen LogP contribution is 2.40. The van der Waals surface area contributed by atoms with Crippen molar-refractivity contribution >= 4 is 43.4 Å². The molecule has 1 amide bonds. The number of nitrogens with one attached hydrogen (secondary N) is 2. The second kappa shape index (κ2) is 8.76. The van der Waals surface area contributed by atoms with E-state index in [2.05, 4.69) is 31.1 Å². The maximum atomic E-state index is 12.7. The first-order chi connectivity index (χ1) is 14.2. The van der Waals surface area contributed by atoms with Crippen LogP contribution in [-0.4, -0.2) is 33.7 Å². The lowest BCUT2D eigenvalue weighted by Gasteiger charge is -2.14. The molecule has 1 aromatic heterocycles. The Morgan fingerprint density at radius 2 is 1.90 bits per heavy atom. The average molecular weight is 496 g/mol. The molecule has 3 aromatic rings. The molecule has 158 valence electrons. The minimum atomic E-state index is -3.96. The zero-order valence-corrected chi connectivity index (χ0v) is 18.6. The number of amides is 1. The molecule has 0 fully saturated rings. The monoisotopic (exact) mass is 495 g/mol. The van der Waals surface area contributed by atoms with E-state index in [0.29, 0.717) is 27.4 Å². The number of methoxy groups -OCH3 is 2. The van der Waals surface area contributed by atoms with Gasteiger partial charge < -0.3 is 19.3 Å². The molecule has 2 N–H and O–H groups in total. The van der Waals surface area contributed by atoms with Gasteiger partial charge in [-0.1, -0.05) is 11.2 Å². The van der Waals surface area contributed by atoms with Gasteiger partial charge in [0.25, 0.3) is 15.9 Å². The van der Waals surface area contributed by atoms with Crippen LogP contribution in [0.5, 0.6) is 11.5 Å². The lowest BCUT2D eigenvalue weighted by atomic mass is 10.2. The summed E-state index contributed by atoms with van der Waals surface area (Å²) in [5.41, 5.74) is 0.530. The van der Waals surface area contributed by atoms with Crippen molar-refractivity contribution in [3.05, 3.63) is 58.3 Å². The van der Waals surface area contributed by atoms with Gasteiger partial charge >= 0.3 is 0 Å². The molecule has 0 radical (unpaired) electrons. The van der Waals surface area contributed by atoms with Crippen molar-refractivity contribution < 1.29 is 27.2 Å². The lowest BCUT2D eigenvalue weighted by molar-refractivity contribution is 0.102. The van der Waals surface area contributed by atoms with Gasteiger partial charge in [0.2, 0.25) is 0 Å². The molecule has 0 aliphatic heterocycles. The minimum absolute atomic E-state index is 0.0511. The number of carbonyl (C=O) groups is 1. The summed E-state index contributed by atoms with van der Waals surface area (Å²) < 4.78 is 43.4. The number of carbonyl (C=O) groups excluding carboxylic acids is 1. The van der Waals surface area contributed by atoms with Crippen LogP contribution in [0.15, 0.2) is 56.4 Å². The molecule has 11 heteroatoms. The third-order valence-electron chi connectivity index (χ3n) is 4.01. The van der Waals surface area contributed by atoms with Crippen LogP contribution in [0, 0.1) is 6.92 Å². The fourth-order valence-electron chi connectivity index (χ4n) is 2.60. The Morgan fingerprint density at radius 3 is 2.53 bits per heavy atom. The smallest absolute Gasteiger partial charge is 0.263 e. The van der Waals surface area contributed by atoms with E-state index in [9.17, 15) is 13.2 Å². The molecule has 0 saturated heterocycles. The van der Waals surface area contributed by atoms with Gasteiger partial charge in [-0.3, -0.25) is 9.52 Å². The molecule has 9 nitrogen and oxygen atoms in total. The van der Waals surface area contributed by atoms with Crippen molar-refractivity contribution in [3.63, 3.8) is 0 Å². The molecule has 0 bridgehead atoms. The quantitative estimate of drug-likeness (QED) is 0.511. The average Bonchev–Trinajstić information content (AvgIpc) is 3.12. The molecule has 30 heavy (non-hydrogen) atoms. The summed E-state index contributed by atoms with van der Waals surface area (Å²) in [4.78, 5) is 12.6. The van der Waals surface area contributed by atoms with E-state index in [4.69, 9.17) is 14.0 Å². The van der Waals surface area contributed by atoms with Crippen molar-refractivity contribution in [2.24, 2.45) is 0 Å². The third kappa shape index (κ3) is 4.57. The van der Waals surface area contributed by atoms with Crippen LogP contribution in [0.4, 0.5) is 11.5 Å². The number of nitrogens with zero attached hydrogens (tertiary/aromatic N) is 1. The van der Waals surface area contributed by atoms with Crippen LogP contribution >= 0.6 is 15.9 Å². The second-order valence-electron chi connectivity index (χ2n) is 6.07. The summed E-state index contributed by atoms with van der Waals surface area (Å²) in [5.74, 6) is 0.900. The van der Waals surface area contributed by atoms with Gasteiger partial charge in [0.05, 0.1) is 24.8 Å². The molecule has 0 aliphatic rings. The number of sulfonamides is 1. The minimum Gasteiger partial charge on any atom is -0.495 e. The second-order valence-corrected chi connectivity index (χ2v) is 8.55. The molecule has 0 spiro atoms. The topological polar surface area (TPSA) is 120 Å². The number of halogens is 1. The highest BCUT2D eigenvalue weighted by molar-refractivity contribution is 9.10. The molecular weight excluding hydrogens is 478 g/mol. The summed E-state index contributed by atoms with van der Waals surface area (Å²) in [6.45, 7) is 1.64. The van der Waals surface area contributed by atoms with Crippen LogP contribution in [0.25, 0.3) is 0 Å². The standard InChI is InChI=1S/C19H18BrN3O6S/c1-11-9-16(22-29-11)23-30(25,26)13-6-4-5-12(10-13)19(24)21-14-7-8-15(27-2)17(20)18(14)28-3/h4-10H,1-3H3,(H,21,24)(H,22,23). The van der Waals surface area contributed by atoms with Gasteiger partial charge in [-0.15, -0.1) is 0 Å². The normalized spacial score (nSPS) is 11.1. The van der Waals surface area contributed by atoms with E-state index < -0.39 is 15.9 Å². The molecule has 0 aliphatic carbocycles. The van der Waals surface area contributed by atoms with Crippen molar-refractivity contribution in [1.29, 1.82) is 0 Å². The maximum absolute atomic E-state index is 12.7. The molecule has 3 rings (SSSR count). The Bertz CT molecular complexity index is 1190. The van der Waals surface area contributed by atoms with Crippen LogP contribution in [0.3, 0.4) is 0 Å². The number of hydrogen-bond acceptors (Lipinski definition) is 7. The zero-order chi connectivity index (χ0) is 21.9. The van der Waals surface area contributed by atoms with Crippen LogP contribution in [-0.2, 0) is 10.0 Å². The number of ether oxygens (including phenoxy) is 2. The molecule has 0 saturated carbocycles. The number of anilines is 2. The maximum Gasteiger partial charge on any atom is 0.263 e. The Labute approximate surface area is 181 Å². The first-order valence-electron chi connectivity index (χ1n) is 8.53. The molecular formula is C19H18BrN3O6S. The summed E-state index contributed by atoms with van der Waals surface area (Å²) in [6.07, 6.45) is 0. The number of rotatable bonds is 7. The van der Waals surface area contributed by atoms with Gasteiger partial charge in [-0.05, 0) is 53.2 Å². The highest BCUT2D eigenvalue weighted by Gasteiger charge is 2.20. The van der Waals surface area contributed by atoms with E-state index in [1.807, 2.05) is 0 Å². The first kappa shape index (κ1) is 21.7. The predicted octanol–water partition coefficient (Wildman–Crippen LogP) is 3.82. The Morgan fingerprint density at radius 1 is 1.13 bits per heavy atom. The number of aryl methyl sites for hydroxylation is 1. The van der Waals surface area contributed by atoms with Gasteiger partial charge in [0.1, 0.15) is 16.0 Å². The lowest BCUT2D eigenvalue weighted by Crippen LogP contribution is -2.16. The van der Waals surface area contributed by atoms with E-state index in [-0.39, 0.29) is 16.3 Å². The number of aromatic nitrogens is 1. The fourth-order valence-corrected chi connectivity index (χ4v) is 4.30. The Kier molecular flexibility index (Phi) is 6.32. The molecule has 0 atom stereocenters.